The average molecular weight is 250 g/mol. The molecule has 0 aromatic heterocycles. The van der Waals surface area contributed by atoms with E-state index < -0.39 is 0 Å². The third-order valence-electron chi connectivity index (χ3n) is 2.75. The van der Waals surface area contributed by atoms with Crippen molar-refractivity contribution in [3.63, 3.8) is 0 Å². The van der Waals surface area contributed by atoms with E-state index >= 15 is 0 Å². The first-order valence-corrected chi connectivity index (χ1v) is 5.74. The maximum Gasteiger partial charge on any atom is 0.126 e. The Hall–Kier alpha value is -1.38. The molecule has 0 radical (unpaired) electrons. The number of hydrogen-bond donors (Lipinski definition) is 1. The molecule has 2 aromatic carbocycles. The summed E-state index contributed by atoms with van der Waals surface area (Å²) in [6, 6.07) is 10.8. The third kappa shape index (κ3) is 2.48. The molecule has 88 valence electrons. The van der Waals surface area contributed by atoms with E-state index in [2.05, 4.69) is 0 Å². The summed E-state index contributed by atoms with van der Waals surface area (Å²) in [6.07, 6.45) is 0. The standard InChI is InChI=1S/C14H13ClFN/c1-9-6-13(15)12(7-14(9)16)11-4-2-10(8-17)3-5-11/h2-7H,8,17H2,1H3. The first-order valence-electron chi connectivity index (χ1n) is 5.37. The second-order valence-electron chi connectivity index (χ2n) is 3.98. The zero-order valence-corrected chi connectivity index (χ0v) is 10.3. The molecule has 0 fully saturated rings. The molecule has 0 aliphatic rings. The Morgan fingerprint density at radius 2 is 1.82 bits per heavy atom. The minimum atomic E-state index is -0.243. The van der Waals surface area contributed by atoms with Crippen molar-refractivity contribution in [2.24, 2.45) is 5.73 Å². The van der Waals surface area contributed by atoms with Crippen LogP contribution in [0.1, 0.15) is 11.1 Å². The molecule has 0 aliphatic carbocycles. The van der Waals surface area contributed by atoms with Gasteiger partial charge >= 0.3 is 0 Å². The molecule has 17 heavy (non-hydrogen) atoms. The molecule has 0 heterocycles. The van der Waals surface area contributed by atoms with Crippen LogP contribution in [0.4, 0.5) is 4.39 Å². The van der Waals surface area contributed by atoms with Gasteiger partial charge in [-0.2, -0.15) is 0 Å². The number of rotatable bonds is 2. The van der Waals surface area contributed by atoms with Crippen LogP contribution in [-0.4, -0.2) is 0 Å². The van der Waals surface area contributed by atoms with E-state index in [9.17, 15) is 4.39 Å². The molecular formula is C14H13ClFN. The zero-order valence-electron chi connectivity index (χ0n) is 9.50. The second kappa shape index (κ2) is 4.86. The van der Waals surface area contributed by atoms with Crippen LogP contribution in [-0.2, 0) is 6.54 Å². The maximum atomic E-state index is 13.5. The molecule has 2 rings (SSSR count). The van der Waals surface area contributed by atoms with Crippen LogP contribution < -0.4 is 5.73 Å². The first-order chi connectivity index (χ1) is 8.11. The number of nitrogens with two attached hydrogens (primary N) is 1. The Balaban J connectivity index is 2.48. The Labute approximate surface area is 105 Å². The minimum Gasteiger partial charge on any atom is -0.326 e. The van der Waals surface area contributed by atoms with Crippen LogP contribution in [0.3, 0.4) is 0 Å². The molecule has 0 amide bonds. The predicted octanol–water partition coefficient (Wildman–Crippen LogP) is 3.91. The fraction of sp³-hybridized carbons (Fsp3) is 0.143. The van der Waals surface area contributed by atoms with Gasteiger partial charge in [-0.3, -0.25) is 0 Å². The van der Waals surface area contributed by atoms with Crippen molar-refractivity contribution in [2.75, 3.05) is 0 Å². The van der Waals surface area contributed by atoms with Gasteiger partial charge in [-0.25, -0.2) is 4.39 Å². The summed E-state index contributed by atoms with van der Waals surface area (Å²) in [7, 11) is 0. The summed E-state index contributed by atoms with van der Waals surface area (Å²) in [4.78, 5) is 0. The minimum absolute atomic E-state index is 0.243. The van der Waals surface area contributed by atoms with Gasteiger partial charge in [0.25, 0.3) is 0 Å². The number of halogens is 2. The van der Waals surface area contributed by atoms with Gasteiger partial charge in [-0.05, 0) is 35.7 Å². The summed E-state index contributed by atoms with van der Waals surface area (Å²) >= 11 is 6.12. The largest absolute Gasteiger partial charge is 0.326 e. The zero-order chi connectivity index (χ0) is 12.4. The van der Waals surface area contributed by atoms with Gasteiger partial charge in [0.1, 0.15) is 5.82 Å². The summed E-state index contributed by atoms with van der Waals surface area (Å²) < 4.78 is 13.5. The molecule has 2 N–H and O–H groups in total. The lowest BCUT2D eigenvalue weighted by molar-refractivity contribution is 0.619. The van der Waals surface area contributed by atoms with Crippen LogP contribution in [0.2, 0.25) is 5.02 Å². The molecule has 0 atom stereocenters. The first kappa shape index (κ1) is 12.1. The summed E-state index contributed by atoms with van der Waals surface area (Å²) in [6.45, 7) is 2.19. The molecule has 2 aromatic rings. The molecule has 0 saturated heterocycles. The van der Waals surface area contributed by atoms with Gasteiger partial charge < -0.3 is 5.73 Å². The number of benzene rings is 2. The lowest BCUT2D eigenvalue weighted by Gasteiger charge is -2.07. The number of aryl methyl sites for hydroxylation is 1. The third-order valence-corrected chi connectivity index (χ3v) is 3.06. The molecular weight excluding hydrogens is 237 g/mol. The highest BCUT2D eigenvalue weighted by atomic mass is 35.5. The second-order valence-corrected chi connectivity index (χ2v) is 4.39. The van der Waals surface area contributed by atoms with Gasteiger partial charge in [0, 0.05) is 17.1 Å². The van der Waals surface area contributed by atoms with E-state index in [-0.39, 0.29) is 5.82 Å². The Morgan fingerprint density at radius 1 is 1.18 bits per heavy atom. The van der Waals surface area contributed by atoms with Crippen LogP contribution in [0.5, 0.6) is 0 Å². The molecule has 0 saturated carbocycles. The molecule has 3 heteroatoms. The van der Waals surface area contributed by atoms with Crippen molar-refractivity contribution in [3.05, 3.63) is 58.4 Å². The Morgan fingerprint density at radius 3 is 2.41 bits per heavy atom. The monoisotopic (exact) mass is 249 g/mol. The Bertz CT molecular complexity index is 535. The highest BCUT2D eigenvalue weighted by Crippen LogP contribution is 2.30. The van der Waals surface area contributed by atoms with E-state index in [1.54, 1.807) is 13.0 Å². The van der Waals surface area contributed by atoms with Gasteiger partial charge in [0.15, 0.2) is 0 Å². The molecule has 0 aliphatic heterocycles. The topological polar surface area (TPSA) is 26.0 Å². The highest BCUT2D eigenvalue weighted by molar-refractivity contribution is 6.33. The van der Waals surface area contributed by atoms with Crippen LogP contribution in [0.25, 0.3) is 11.1 Å². The Kier molecular flexibility index (Phi) is 3.46. The summed E-state index contributed by atoms with van der Waals surface area (Å²) in [5.41, 5.74) is 8.72. The van der Waals surface area contributed by atoms with Gasteiger partial charge in [0.05, 0.1) is 0 Å². The lowest BCUT2D eigenvalue weighted by Crippen LogP contribution is -1.95. The van der Waals surface area contributed by atoms with Crippen LogP contribution in [0, 0.1) is 12.7 Å². The van der Waals surface area contributed by atoms with Crippen LogP contribution >= 0.6 is 11.6 Å². The van der Waals surface area contributed by atoms with Crippen molar-refractivity contribution in [1.29, 1.82) is 0 Å². The summed E-state index contributed by atoms with van der Waals surface area (Å²) in [5, 5.41) is 0.560. The van der Waals surface area contributed by atoms with E-state index in [0.29, 0.717) is 22.7 Å². The molecule has 0 bridgehead atoms. The maximum absolute atomic E-state index is 13.5. The molecule has 0 spiro atoms. The molecule has 1 nitrogen and oxygen atoms in total. The quantitative estimate of drug-likeness (QED) is 0.858. The van der Waals surface area contributed by atoms with Crippen molar-refractivity contribution in [1.82, 2.24) is 0 Å². The van der Waals surface area contributed by atoms with E-state index in [4.69, 9.17) is 17.3 Å². The van der Waals surface area contributed by atoms with Crippen molar-refractivity contribution >= 4 is 11.6 Å². The fourth-order valence-electron chi connectivity index (χ4n) is 1.69. The smallest absolute Gasteiger partial charge is 0.126 e. The van der Waals surface area contributed by atoms with E-state index in [0.717, 1.165) is 11.1 Å². The van der Waals surface area contributed by atoms with Crippen molar-refractivity contribution < 1.29 is 4.39 Å². The number of hydrogen-bond acceptors (Lipinski definition) is 1. The predicted molar refractivity (Wildman–Crippen MR) is 69.5 cm³/mol. The van der Waals surface area contributed by atoms with Gasteiger partial charge in [0.2, 0.25) is 0 Å². The van der Waals surface area contributed by atoms with E-state index in [1.807, 2.05) is 24.3 Å². The SMILES string of the molecule is Cc1cc(Cl)c(-c2ccc(CN)cc2)cc1F. The average Bonchev–Trinajstić information content (AvgIpc) is 2.34. The van der Waals surface area contributed by atoms with Crippen molar-refractivity contribution in [3.8, 4) is 11.1 Å². The molecule has 0 unspecified atom stereocenters. The highest BCUT2D eigenvalue weighted by Gasteiger charge is 2.07. The van der Waals surface area contributed by atoms with Gasteiger partial charge in [-0.15, -0.1) is 0 Å². The summed E-state index contributed by atoms with van der Waals surface area (Å²) in [5.74, 6) is -0.243. The fourth-order valence-corrected chi connectivity index (χ4v) is 2.02. The normalized spacial score (nSPS) is 10.6. The van der Waals surface area contributed by atoms with E-state index in [1.165, 1.54) is 6.07 Å². The lowest BCUT2D eigenvalue weighted by atomic mass is 10.0. The van der Waals surface area contributed by atoms with Crippen molar-refractivity contribution in [2.45, 2.75) is 13.5 Å². The van der Waals surface area contributed by atoms with Crippen LogP contribution in [0.15, 0.2) is 36.4 Å². The van der Waals surface area contributed by atoms with Gasteiger partial charge in [-0.1, -0.05) is 35.9 Å².